The van der Waals surface area contributed by atoms with E-state index in [1.807, 2.05) is 36.4 Å². The van der Waals surface area contributed by atoms with E-state index in [9.17, 15) is 10.1 Å². The number of hydrogen-bond donors (Lipinski definition) is 2. The van der Waals surface area contributed by atoms with Crippen LogP contribution in [0, 0.1) is 22.7 Å². The van der Waals surface area contributed by atoms with Crippen LogP contribution >= 0.6 is 12.2 Å². The normalized spacial score (nSPS) is 26.3. The molecule has 0 aliphatic carbocycles. The number of piperidine rings is 1. The van der Waals surface area contributed by atoms with Crippen LogP contribution in [0.15, 0.2) is 35.9 Å². The molecular formula is C14H11N3OS. The van der Waals surface area contributed by atoms with E-state index in [4.69, 9.17) is 17.6 Å². The minimum atomic E-state index is -0.947. The summed E-state index contributed by atoms with van der Waals surface area (Å²) in [7, 11) is 0. The lowest BCUT2D eigenvalue weighted by Crippen LogP contribution is -2.54. The van der Waals surface area contributed by atoms with Crippen LogP contribution in [0.3, 0.4) is 0 Å². The van der Waals surface area contributed by atoms with E-state index in [0.29, 0.717) is 5.57 Å². The maximum Gasteiger partial charge on any atom is 0.243 e. The number of carbonyl (C=O) groups is 1. The zero-order chi connectivity index (χ0) is 14.0. The van der Waals surface area contributed by atoms with Crippen molar-refractivity contribution >= 4 is 29.0 Å². The lowest BCUT2D eigenvalue weighted by Gasteiger charge is -2.38. The number of carbonyl (C=O) groups excluding carboxylic acids is 1. The van der Waals surface area contributed by atoms with Gasteiger partial charge in [-0.15, -0.1) is 0 Å². The molecule has 5 heteroatoms. The van der Waals surface area contributed by atoms with E-state index in [1.54, 1.807) is 6.92 Å². The molecule has 1 aliphatic rings. The van der Waals surface area contributed by atoms with Crippen molar-refractivity contribution in [3.05, 3.63) is 41.5 Å². The predicted octanol–water partition coefficient (Wildman–Crippen LogP) is 1.72. The van der Waals surface area contributed by atoms with Gasteiger partial charge in [0.05, 0.1) is 17.1 Å². The Hall–Kier alpha value is -2.28. The highest BCUT2D eigenvalue weighted by Crippen LogP contribution is 2.40. The summed E-state index contributed by atoms with van der Waals surface area (Å²) in [6, 6.07) is 11.2. The van der Waals surface area contributed by atoms with Crippen LogP contribution in [0.4, 0.5) is 0 Å². The van der Waals surface area contributed by atoms with Crippen molar-refractivity contribution in [2.45, 2.75) is 12.3 Å². The monoisotopic (exact) mass is 269 g/mol. The van der Waals surface area contributed by atoms with E-state index < -0.39 is 17.2 Å². The van der Waals surface area contributed by atoms with Crippen molar-refractivity contribution in [3.63, 3.8) is 0 Å². The van der Waals surface area contributed by atoms with Crippen LogP contribution < -0.4 is 5.32 Å². The highest BCUT2D eigenvalue weighted by Gasteiger charge is 2.49. The maximum absolute atomic E-state index is 12.0. The molecule has 0 aromatic heterocycles. The summed E-state index contributed by atoms with van der Waals surface area (Å²) in [5.74, 6) is 0.919. The molecule has 2 rings (SSSR count). The molecule has 0 saturated carbocycles. The minimum absolute atomic E-state index is 0.165. The number of nitriles is 1. The molecule has 1 aromatic carbocycles. The molecule has 1 saturated heterocycles. The van der Waals surface area contributed by atoms with E-state index in [-0.39, 0.29) is 4.99 Å². The van der Waals surface area contributed by atoms with Gasteiger partial charge in [-0.05, 0) is 18.4 Å². The van der Waals surface area contributed by atoms with E-state index in [1.165, 1.54) is 0 Å². The third-order valence-electron chi connectivity index (χ3n) is 3.45. The van der Waals surface area contributed by atoms with Gasteiger partial charge in [0.15, 0.2) is 0 Å². The number of rotatable bonds is 1. The van der Waals surface area contributed by atoms with Gasteiger partial charge >= 0.3 is 0 Å². The first-order valence-electron chi connectivity index (χ1n) is 5.66. The average molecular weight is 269 g/mol. The highest BCUT2D eigenvalue weighted by atomic mass is 32.1. The minimum Gasteiger partial charge on any atom is -0.315 e. The fourth-order valence-electron chi connectivity index (χ4n) is 2.36. The van der Waals surface area contributed by atoms with E-state index in [0.717, 1.165) is 5.56 Å². The van der Waals surface area contributed by atoms with Crippen molar-refractivity contribution in [1.82, 2.24) is 5.32 Å². The van der Waals surface area contributed by atoms with Gasteiger partial charge in [0.25, 0.3) is 0 Å². The SMILES string of the molecule is C[C@]1(c2ccccc2)C(=C=N)C(=S)NC(=O)[C@@H]1C#N. The smallest absolute Gasteiger partial charge is 0.243 e. The largest absolute Gasteiger partial charge is 0.315 e. The molecular weight excluding hydrogens is 258 g/mol. The standard InChI is InChI=1S/C14H11N3OS/c1-14(9-5-3-2-4-6-9)10(7-15)12(18)17-13(19)11(14)8-16/h2-6,10,16H,1H3,(H,17,18,19)/t10-,14+/m0/s1. The molecule has 2 N–H and O–H groups in total. The first-order valence-corrected chi connectivity index (χ1v) is 6.07. The number of benzene rings is 1. The number of nitrogens with zero attached hydrogens (tertiary/aromatic N) is 1. The van der Waals surface area contributed by atoms with Gasteiger partial charge < -0.3 is 5.32 Å². The van der Waals surface area contributed by atoms with E-state index in [2.05, 4.69) is 11.2 Å². The van der Waals surface area contributed by atoms with Gasteiger partial charge in [-0.1, -0.05) is 42.5 Å². The number of thiocarbonyl (C=S) groups is 1. The molecule has 4 nitrogen and oxygen atoms in total. The molecule has 0 spiro atoms. The molecule has 1 aromatic rings. The summed E-state index contributed by atoms with van der Waals surface area (Å²) in [4.78, 5) is 12.1. The second kappa shape index (κ2) is 4.77. The van der Waals surface area contributed by atoms with Gasteiger partial charge in [0, 0.05) is 0 Å². The summed E-state index contributed by atoms with van der Waals surface area (Å²) >= 11 is 5.09. The second-order valence-corrected chi connectivity index (χ2v) is 4.86. The van der Waals surface area contributed by atoms with Crippen LogP contribution in [-0.2, 0) is 10.2 Å². The number of hydrogen-bond acceptors (Lipinski definition) is 4. The Morgan fingerprint density at radius 1 is 1.42 bits per heavy atom. The van der Waals surface area contributed by atoms with Gasteiger partial charge in [0.2, 0.25) is 5.91 Å². The van der Waals surface area contributed by atoms with Crippen molar-refractivity contribution < 1.29 is 4.79 Å². The Morgan fingerprint density at radius 2 is 2.05 bits per heavy atom. The molecule has 1 heterocycles. The zero-order valence-electron chi connectivity index (χ0n) is 10.2. The van der Waals surface area contributed by atoms with Crippen molar-refractivity contribution in [2.24, 2.45) is 5.92 Å². The molecule has 1 fully saturated rings. The summed E-state index contributed by atoms with van der Waals surface area (Å²) < 4.78 is 0. The molecule has 0 unspecified atom stereocenters. The molecule has 19 heavy (non-hydrogen) atoms. The summed E-state index contributed by atoms with van der Waals surface area (Å²) in [6.45, 7) is 1.75. The van der Waals surface area contributed by atoms with E-state index >= 15 is 0 Å². The zero-order valence-corrected chi connectivity index (χ0v) is 11.0. The molecule has 0 bridgehead atoms. The van der Waals surface area contributed by atoms with Gasteiger partial charge in [-0.2, -0.15) is 5.26 Å². The van der Waals surface area contributed by atoms with Crippen LogP contribution in [0.25, 0.3) is 0 Å². The third kappa shape index (κ3) is 1.88. The van der Waals surface area contributed by atoms with Crippen molar-refractivity contribution in [2.75, 3.05) is 0 Å². The summed E-state index contributed by atoms with van der Waals surface area (Å²) in [5.41, 5.74) is 0.185. The average Bonchev–Trinajstić information content (AvgIpc) is 2.40. The lowest BCUT2D eigenvalue weighted by molar-refractivity contribution is -0.123. The fourth-order valence-corrected chi connectivity index (χ4v) is 2.72. The highest BCUT2D eigenvalue weighted by molar-refractivity contribution is 7.80. The Bertz CT molecular complexity index is 640. The summed E-state index contributed by atoms with van der Waals surface area (Å²) in [6.07, 6.45) is 0. The Balaban J connectivity index is 2.72. The fraction of sp³-hybridized carbons (Fsp3) is 0.214. The second-order valence-electron chi connectivity index (χ2n) is 4.45. The first-order chi connectivity index (χ1) is 9.05. The summed E-state index contributed by atoms with van der Waals surface area (Å²) in [5, 5.41) is 19.2. The Labute approximate surface area is 116 Å². The topological polar surface area (TPSA) is 76.7 Å². The van der Waals surface area contributed by atoms with Gasteiger partial charge in [-0.3, -0.25) is 10.2 Å². The number of nitrogens with one attached hydrogen (secondary N) is 2. The molecule has 0 radical (unpaired) electrons. The van der Waals surface area contributed by atoms with Crippen LogP contribution in [0.1, 0.15) is 12.5 Å². The first kappa shape index (κ1) is 13.2. The Kier molecular flexibility index (Phi) is 3.30. The molecule has 1 aliphatic heterocycles. The van der Waals surface area contributed by atoms with Crippen LogP contribution in [-0.4, -0.2) is 16.8 Å². The maximum atomic E-state index is 12.0. The van der Waals surface area contributed by atoms with Gasteiger partial charge in [0.1, 0.15) is 10.9 Å². The Morgan fingerprint density at radius 3 is 2.58 bits per heavy atom. The molecule has 2 atom stereocenters. The van der Waals surface area contributed by atoms with Crippen LogP contribution in [0.5, 0.6) is 0 Å². The van der Waals surface area contributed by atoms with Crippen molar-refractivity contribution in [1.29, 1.82) is 10.7 Å². The van der Waals surface area contributed by atoms with Crippen LogP contribution in [0.2, 0.25) is 0 Å². The molecule has 94 valence electrons. The quantitative estimate of drug-likeness (QED) is 0.463. The van der Waals surface area contributed by atoms with Gasteiger partial charge in [-0.25, -0.2) is 0 Å². The van der Waals surface area contributed by atoms with Crippen molar-refractivity contribution in [3.8, 4) is 6.07 Å². The molecule has 1 amide bonds. The lowest BCUT2D eigenvalue weighted by atomic mass is 9.65. The predicted molar refractivity (Wildman–Crippen MR) is 74.9 cm³/mol. The number of amides is 1. The third-order valence-corrected chi connectivity index (χ3v) is 3.76.